The lowest BCUT2D eigenvalue weighted by Gasteiger charge is -2.30. The summed E-state index contributed by atoms with van der Waals surface area (Å²) in [6.07, 6.45) is 4.58. The van der Waals surface area contributed by atoms with Crippen LogP contribution in [-0.4, -0.2) is 49.3 Å². The van der Waals surface area contributed by atoms with Crippen molar-refractivity contribution in [2.24, 2.45) is 5.41 Å². The summed E-state index contributed by atoms with van der Waals surface area (Å²) in [6, 6.07) is 2.24. The molecule has 0 aromatic rings. The first-order chi connectivity index (χ1) is 9.05. The number of nitrogens with zero attached hydrogens (tertiary/aromatic N) is 2. The lowest BCUT2D eigenvalue weighted by atomic mass is 9.80. The Bertz CT molecular complexity index is 330. The molecule has 5 heteroatoms. The Morgan fingerprint density at radius 1 is 1.42 bits per heavy atom. The second-order valence-electron chi connectivity index (χ2n) is 5.40. The normalized spacial score (nSPS) is 20.1. The molecular formula is C14H24N2O3. The van der Waals surface area contributed by atoms with Crippen LogP contribution in [0.25, 0.3) is 0 Å². The van der Waals surface area contributed by atoms with Gasteiger partial charge in [-0.25, -0.2) is 0 Å². The van der Waals surface area contributed by atoms with E-state index in [-0.39, 0.29) is 19.1 Å². The molecule has 0 radical (unpaired) electrons. The highest BCUT2D eigenvalue weighted by molar-refractivity contribution is 5.85. The van der Waals surface area contributed by atoms with Gasteiger partial charge < -0.3 is 14.7 Å². The molecule has 1 N–H and O–H groups in total. The highest BCUT2D eigenvalue weighted by Gasteiger charge is 2.40. The molecule has 0 saturated heterocycles. The van der Waals surface area contributed by atoms with Crippen molar-refractivity contribution in [1.82, 2.24) is 4.90 Å². The maximum Gasteiger partial charge on any atom is 0.242 e. The van der Waals surface area contributed by atoms with Crippen LogP contribution in [0.15, 0.2) is 0 Å². The van der Waals surface area contributed by atoms with E-state index in [0.29, 0.717) is 12.8 Å². The predicted octanol–water partition coefficient (Wildman–Crippen LogP) is 1.32. The number of hydrogen-bond donors (Lipinski definition) is 1. The van der Waals surface area contributed by atoms with Gasteiger partial charge >= 0.3 is 0 Å². The number of nitriles is 1. The minimum absolute atomic E-state index is 0.160. The summed E-state index contributed by atoms with van der Waals surface area (Å²) < 4.78 is 4.85. The number of aliphatic hydroxyl groups is 1. The van der Waals surface area contributed by atoms with Crippen LogP contribution in [-0.2, 0) is 9.53 Å². The minimum atomic E-state index is -0.891. The molecule has 0 spiro atoms. The van der Waals surface area contributed by atoms with Gasteiger partial charge in [-0.15, -0.1) is 0 Å². The molecule has 5 nitrogen and oxygen atoms in total. The molecule has 0 aromatic carbocycles. The summed E-state index contributed by atoms with van der Waals surface area (Å²) in [6.45, 7) is 0.396. The number of carbonyl (C=O) groups excluding carboxylic acids is 1. The van der Waals surface area contributed by atoms with Gasteiger partial charge in [0.15, 0.2) is 0 Å². The number of likely N-dealkylation sites (N-methyl/N-ethyl adjacent to an activating group) is 1. The highest BCUT2D eigenvalue weighted by Crippen LogP contribution is 2.36. The molecule has 0 aliphatic heterocycles. The van der Waals surface area contributed by atoms with E-state index in [1.54, 1.807) is 7.05 Å². The quantitative estimate of drug-likeness (QED) is 0.763. The Hall–Kier alpha value is -1.12. The third-order valence-electron chi connectivity index (χ3n) is 3.77. The van der Waals surface area contributed by atoms with Gasteiger partial charge in [-0.2, -0.15) is 5.26 Å². The molecule has 1 fully saturated rings. The van der Waals surface area contributed by atoms with Crippen LogP contribution in [0, 0.1) is 16.7 Å². The van der Waals surface area contributed by atoms with E-state index >= 15 is 0 Å². The SMILES string of the molecule is COCC(O)CN(C)C(=O)C1(C#N)CCCCCC1. The average molecular weight is 268 g/mol. The number of amides is 1. The van der Waals surface area contributed by atoms with Crippen LogP contribution >= 0.6 is 0 Å². The highest BCUT2D eigenvalue weighted by atomic mass is 16.5. The molecule has 108 valence electrons. The van der Waals surface area contributed by atoms with Gasteiger partial charge in [0, 0.05) is 20.7 Å². The van der Waals surface area contributed by atoms with Crippen LogP contribution in [0.1, 0.15) is 38.5 Å². The number of aliphatic hydroxyl groups excluding tert-OH is 1. The Kier molecular flexibility index (Phi) is 6.26. The number of rotatable bonds is 5. The van der Waals surface area contributed by atoms with Gasteiger partial charge in [0.25, 0.3) is 0 Å². The average Bonchev–Trinajstić information content (AvgIpc) is 2.64. The predicted molar refractivity (Wildman–Crippen MR) is 71.3 cm³/mol. The van der Waals surface area contributed by atoms with E-state index in [9.17, 15) is 15.2 Å². The van der Waals surface area contributed by atoms with Crippen molar-refractivity contribution in [3.63, 3.8) is 0 Å². The number of ether oxygens (including phenoxy) is 1. The summed E-state index contributed by atoms with van der Waals surface area (Å²) in [7, 11) is 3.15. The lowest BCUT2D eigenvalue weighted by molar-refractivity contribution is -0.140. The Labute approximate surface area is 115 Å². The molecule has 1 aliphatic carbocycles. The molecule has 1 amide bonds. The second kappa shape index (κ2) is 7.46. The van der Waals surface area contributed by atoms with Crippen LogP contribution in [0.4, 0.5) is 0 Å². The van der Waals surface area contributed by atoms with Gasteiger partial charge in [0.1, 0.15) is 5.41 Å². The van der Waals surface area contributed by atoms with Crippen molar-refractivity contribution in [2.45, 2.75) is 44.6 Å². The molecule has 0 bridgehead atoms. The maximum atomic E-state index is 12.5. The van der Waals surface area contributed by atoms with Gasteiger partial charge in [-0.05, 0) is 12.8 Å². The zero-order chi connectivity index (χ0) is 14.3. The van der Waals surface area contributed by atoms with E-state index in [1.807, 2.05) is 0 Å². The Morgan fingerprint density at radius 2 is 2.00 bits per heavy atom. The van der Waals surface area contributed by atoms with Crippen LogP contribution < -0.4 is 0 Å². The van der Waals surface area contributed by atoms with Gasteiger partial charge in [0.2, 0.25) is 5.91 Å². The number of methoxy groups -OCH3 is 1. The summed E-state index contributed by atoms with van der Waals surface area (Å²) >= 11 is 0. The van der Waals surface area contributed by atoms with Gasteiger partial charge in [0.05, 0.1) is 18.8 Å². The fourth-order valence-electron chi connectivity index (χ4n) is 2.72. The summed E-state index contributed by atoms with van der Waals surface area (Å²) in [4.78, 5) is 14.0. The summed E-state index contributed by atoms with van der Waals surface area (Å²) in [5, 5.41) is 19.1. The van der Waals surface area contributed by atoms with E-state index in [4.69, 9.17) is 4.74 Å². The number of hydrogen-bond acceptors (Lipinski definition) is 4. The van der Waals surface area contributed by atoms with Crippen molar-refractivity contribution < 1.29 is 14.6 Å². The van der Waals surface area contributed by atoms with E-state index in [1.165, 1.54) is 12.0 Å². The third-order valence-corrected chi connectivity index (χ3v) is 3.77. The first kappa shape index (κ1) is 15.9. The largest absolute Gasteiger partial charge is 0.389 e. The van der Waals surface area contributed by atoms with Crippen molar-refractivity contribution >= 4 is 5.91 Å². The van der Waals surface area contributed by atoms with Gasteiger partial charge in [-0.1, -0.05) is 25.7 Å². The van der Waals surface area contributed by atoms with E-state index < -0.39 is 11.5 Å². The fourth-order valence-corrected chi connectivity index (χ4v) is 2.72. The Balaban J connectivity index is 2.69. The monoisotopic (exact) mass is 268 g/mol. The molecular weight excluding hydrogens is 244 g/mol. The van der Waals surface area contributed by atoms with Gasteiger partial charge in [-0.3, -0.25) is 4.79 Å². The molecule has 19 heavy (non-hydrogen) atoms. The van der Waals surface area contributed by atoms with Crippen LogP contribution in [0.3, 0.4) is 0 Å². The first-order valence-electron chi connectivity index (χ1n) is 6.89. The van der Waals surface area contributed by atoms with Crippen molar-refractivity contribution in [1.29, 1.82) is 5.26 Å². The maximum absolute atomic E-state index is 12.5. The zero-order valence-electron chi connectivity index (χ0n) is 11.9. The standard InChI is InChI=1S/C14H24N2O3/c1-16(9-12(17)10-19-2)13(18)14(11-15)7-5-3-4-6-8-14/h12,17H,3-10H2,1-2H3. The van der Waals surface area contributed by atoms with Crippen molar-refractivity contribution in [2.75, 3.05) is 27.3 Å². The van der Waals surface area contributed by atoms with Crippen molar-refractivity contribution in [3.05, 3.63) is 0 Å². The topological polar surface area (TPSA) is 73.6 Å². The first-order valence-corrected chi connectivity index (χ1v) is 6.89. The summed E-state index contributed by atoms with van der Waals surface area (Å²) in [5.74, 6) is -0.160. The molecule has 1 saturated carbocycles. The number of carbonyl (C=O) groups is 1. The van der Waals surface area contributed by atoms with Crippen molar-refractivity contribution in [3.8, 4) is 6.07 Å². The molecule has 0 aromatic heterocycles. The smallest absolute Gasteiger partial charge is 0.242 e. The second-order valence-corrected chi connectivity index (χ2v) is 5.40. The molecule has 1 atom stereocenters. The minimum Gasteiger partial charge on any atom is -0.389 e. The summed E-state index contributed by atoms with van der Waals surface area (Å²) in [5.41, 5.74) is -0.891. The molecule has 1 rings (SSSR count). The molecule has 1 unspecified atom stereocenters. The van der Waals surface area contributed by atoms with E-state index in [2.05, 4.69) is 6.07 Å². The zero-order valence-corrected chi connectivity index (χ0v) is 11.9. The lowest BCUT2D eigenvalue weighted by Crippen LogP contribution is -2.44. The third kappa shape index (κ3) is 4.19. The fraction of sp³-hybridized carbons (Fsp3) is 0.857. The molecule has 1 aliphatic rings. The van der Waals surface area contributed by atoms with E-state index in [0.717, 1.165) is 25.7 Å². The molecule has 0 heterocycles. The van der Waals surface area contributed by atoms with Crippen LogP contribution in [0.2, 0.25) is 0 Å². The Morgan fingerprint density at radius 3 is 2.47 bits per heavy atom. The van der Waals surface area contributed by atoms with Crippen LogP contribution in [0.5, 0.6) is 0 Å².